The van der Waals surface area contributed by atoms with Crippen molar-refractivity contribution in [2.75, 3.05) is 26.7 Å². The van der Waals surface area contributed by atoms with Crippen molar-refractivity contribution in [1.82, 2.24) is 15.2 Å². The van der Waals surface area contributed by atoms with Gasteiger partial charge in [-0.05, 0) is 11.6 Å². The van der Waals surface area contributed by atoms with E-state index in [1.165, 1.54) is 0 Å². The zero-order chi connectivity index (χ0) is 12.8. The first-order chi connectivity index (χ1) is 8.75. The van der Waals surface area contributed by atoms with E-state index in [1.54, 1.807) is 17.3 Å². The highest BCUT2D eigenvalue weighted by atomic mass is 16.5. The third-order valence-corrected chi connectivity index (χ3v) is 2.97. The van der Waals surface area contributed by atoms with Crippen LogP contribution in [0.2, 0.25) is 0 Å². The minimum atomic E-state index is 0.00241. The van der Waals surface area contributed by atoms with Crippen molar-refractivity contribution in [3.05, 3.63) is 30.1 Å². The number of pyridine rings is 1. The molecular formula is C13H19N3O2. The Hall–Kier alpha value is -1.46. The van der Waals surface area contributed by atoms with Crippen LogP contribution in [0.15, 0.2) is 24.5 Å². The average Bonchev–Trinajstić information content (AvgIpc) is 2.41. The number of morpholine rings is 1. The van der Waals surface area contributed by atoms with Crippen molar-refractivity contribution in [2.45, 2.75) is 19.1 Å². The number of amides is 1. The molecule has 0 aromatic carbocycles. The van der Waals surface area contributed by atoms with E-state index in [4.69, 9.17) is 4.74 Å². The number of hydrogen-bond donors (Lipinski definition) is 1. The molecule has 5 nitrogen and oxygen atoms in total. The fraction of sp³-hybridized carbons (Fsp3) is 0.538. The molecule has 1 aromatic heterocycles. The predicted octanol–water partition coefficient (Wildman–Crippen LogP) is 0.418. The second-order valence-corrected chi connectivity index (χ2v) is 4.51. The van der Waals surface area contributed by atoms with Gasteiger partial charge in [-0.3, -0.25) is 9.78 Å². The number of ether oxygens (including phenoxy) is 1. The molecule has 0 spiro atoms. The second-order valence-electron chi connectivity index (χ2n) is 4.51. The van der Waals surface area contributed by atoms with Gasteiger partial charge < -0.3 is 15.0 Å². The van der Waals surface area contributed by atoms with Crippen LogP contribution in [0.3, 0.4) is 0 Å². The zero-order valence-electron chi connectivity index (χ0n) is 10.6. The molecule has 0 saturated carbocycles. The Balaban J connectivity index is 1.81. The number of aromatic nitrogens is 1. The van der Waals surface area contributed by atoms with Crippen molar-refractivity contribution in [2.24, 2.45) is 0 Å². The van der Waals surface area contributed by atoms with Crippen LogP contribution in [-0.2, 0) is 16.1 Å². The summed E-state index contributed by atoms with van der Waals surface area (Å²) in [4.78, 5) is 17.8. The number of carbonyl (C=O) groups excluding carboxylic acids is 1. The molecule has 18 heavy (non-hydrogen) atoms. The summed E-state index contributed by atoms with van der Waals surface area (Å²) in [6, 6.07) is 3.84. The Kier molecular flexibility index (Phi) is 4.66. The Morgan fingerprint density at radius 1 is 1.67 bits per heavy atom. The van der Waals surface area contributed by atoms with Gasteiger partial charge in [-0.2, -0.15) is 0 Å². The molecule has 1 aliphatic rings. The Bertz CT molecular complexity index is 377. The van der Waals surface area contributed by atoms with E-state index in [-0.39, 0.29) is 12.0 Å². The van der Waals surface area contributed by atoms with E-state index in [0.717, 1.165) is 18.7 Å². The van der Waals surface area contributed by atoms with E-state index in [9.17, 15) is 4.79 Å². The highest BCUT2D eigenvalue weighted by Gasteiger charge is 2.19. The molecule has 1 unspecified atom stereocenters. The molecule has 2 rings (SSSR count). The number of nitrogens with one attached hydrogen (secondary N) is 1. The summed E-state index contributed by atoms with van der Waals surface area (Å²) in [6.07, 6.45) is 3.95. The highest BCUT2D eigenvalue weighted by Crippen LogP contribution is 2.07. The smallest absolute Gasteiger partial charge is 0.225 e. The van der Waals surface area contributed by atoms with Crippen LogP contribution in [0.1, 0.15) is 12.0 Å². The maximum atomic E-state index is 12.0. The fourth-order valence-corrected chi connectivity index (χ4v) is 1.96. The Labute approximate surface area is 107 Å². The summed E-state index contributed by atoms with van der Waals surface area (Å²) in [6.45, 7) is 2.90. The normalized spacial score (nSPS) is 19.5. The molecule has 1 N–H and O–H groups in total. The quantitative estimate of drug-likeness (QED) is 0.840. The molecule has 1 fully saturated rings. The first-order valence-corrected chi connectivity index (χ1v) is 6.21. The van der Waals surface area contributed by atoms with Gasteiger partial charge in [-0.1, -0.05) is 6.07 Å². The van der Waals surface area contributed by atoms with Crippen LogP contribution in [0.4, 0.5) is 0 Å². The van der Waals surface area contributed by atoms with Crippen molar-refractivity contribution in [3.8, 4) is 0 Å². The lowest BCUT2D eigenvalue weighted by molar-refractivity contribution is -0.133. The molecule has 1 aromatic rings. The van der Waals surface area contributed by atoms with E-state index in [0.29, 0.717) is 19.6 Å². The zero-order valence-corrected chi connectivity index (χ0v) is 10.6. The van der Waals surface area contributed by atoms with Gasteiger partial charge in [0.2, 0.25) is 5.91 Å². The van der Waals surface area contributed by atoms with Gasteiger partial charge in [-0.25, -0.2) is 0 Å². The first kappa shape index (κ1) is 13.0. The van der Waals surface area contributed by atoms with Crippen LogP contribution in [0.5, 0.6) is 0 Å². The second kappa shape index (κ2) is 6.47. The third-order valence-electron chi connectivity index (χ3n) is 2.97. The monoisotopic (exact) mass is 249 g/mol. The highest BCUT2D eigenvalue weighted by molar-refractivity contribution is 5.76. The molecule has 2 heterocycles. The van der Waals surface area contributed by atoms with Crippen LogP contribution in [-0.4, -0.2) is 48.6 Å². The van der Waals surface area contributed by atoms with Gasteiger partial charge in [0.1, 0.15) is 0 Å². The summed E-state index contributed by atoms with van der Waals surface area (Å²) in [5.74, 6) is 0.104. The number of hydrogen-bond acceptors (Lipinski definition) is 4. The predicted molar refractivity (Wildman–Crippen MR) is 67.9 cm³/mol. The summed E-state index contributed by atoms with van der Waals surface area (Å²) >= 11 is 0. The van der Waals surface area contributed by atoms with Crippen molar-refractivity contribution in [3.63, 3.8) is 0 Å². The molecule has 1 saturated heterocycles. The van der Waals surface area contributed by atoms with Crippen molar-refractivity contribution < 1.29 is 9.53 Å². The van der Waals surface area contributed by atoms with Crippen LogP contribution in [0, 0.1) is 0 Å². The summed E-state index contributed by atoms with van der Waals surface area (Å²) in [5.41, 5.74) is 1.04. The van der Waals surface area contributed by atoms with E-state index in [2.05, 4.69) is 10.3 Å². The van der Waals surface area contributed by atoms with Crippen molar-refractivity contribution >= 4 is 5.91 Å². The first-order valence-electron chi connectivity index (χ1n) is 6.21. The maximum Gasteiger partial charge on any atom is 0.225 e. The largest absolute Gasteiger partial charge is 0.375 e. The lowest BCUT2D eigenvalue weighted by Crippen LogP contribution is -2.41. The van der Waals surface area contributed by atoms with E-state index >= 15 is 0 Å². The van der Waals surface area contributed by atoms with Crippen LogP contribution in [0.25, 0.3) is 0 Å². The molecule has 1 amide bonds. The van der Waals surface area contributed by atoms with Crippen LogP contribution < -0.4 is 5.32 Å². The van der Waals surface area contributed by atoms with Crippen LogP contribution >= 0.6 is 0 Å². The molecule has 0 radical (unpaired) electrons. The third kappa shape index (κ3) is 3.78. The minimum Gasteiger partial charge on any atom is -0.375 e. The molecule has 5 heteroatoms. The fourth-order valence-electron chi connectivity index (χ4n) is 1.96. The summed E-state index contributed by atoms with van der Waals surface area (Å²) in [5, 5.41) is 3.22. The topological polar surface area (TPSA) is 54.5 Å². The van der Waals surface area contributed by atoms with E-state index < -0.39 is 0 Å². The van der Waals surface area contributed by atoms with Gasteiger partial charge in [-0.15, -0.1) is 0 Å². The molecule has 1 atom stereocenters. The molecule has 0 aliphatic carbocycles. The summed E-state index contributed by atoms with van der Waals surface area (Å²) < 4.78 is 5.53. The molecule has 98 valence electrons. The molecule has 1 aliphatic heterocycles. The standard InChI is InChI=1S/C13H19N3O2/c1-16(10-11-3-2-4-14-8-11)13(17)7-12-9-15-5-6-18-12/h2-4,8,12,15H,5-7,9-10H2,1H3. The Morgan fingerprint density at radius 2 is 2.56 bits per heavy atom. The van der Waals surface area contributed by atoms with Gasteiger partial charge in [0.15, 0.2) is 0 Å². The van der Waals surface area contributed by atoms with Gasteiger partial charge in [0.25, 0.3) is 0 Å². The summed E-state index contributed by atoms with van der Waals surface area (Å²) in [7, 11) is 1.81. The SMILES string of the molecule is CN(Cc1cccnc1)C(=O)CC1CNCCO1. The molecular weight excluding hydrogens is 230 g/mol. The molecule has 0 bridgehead atoms. The maximum absolute atomic E-state index is 12.0. The number of carbonyl (C=O) groups is 1. The lowest BCUT2D eigenvalue weighted by Gasteiger charge is -2.25. The number of nitrogens with zero attached hydrogens (tertiary/aromatic N) is 2. The van der Waals surface area contributed by atoms with Gasteiger partial charge in [0, 0.05) is 39.1 Å². The Morgan fingerprint density at radius 3 is 3.22 bits per heavy atom. The van der Waals surface area contributed by atoms with Gasteiger partial charge >= 0.3 is 0 Å². The lowest BCUT2D eigenvalue weighted by atomic mass is 10.2. The minimum absolute atomic E-state index is 0.00241. The van der Waals surface area contributed by atoms with Gasteiger partial charge in [0.05, 0.1) is 19.1 Å². The van der Waals surface area contributed by atoms with E-state index in [1.807, 2.05) is 19.2 Å². The number of rotatable bonds is 4. The average molecular weight is 249 g/mol. The van der Waals surface area contributed by atoms with Crippen molar-refractivity contribution in [1.29, 1.82) is 0 Å².